The highest BCUT2D eigenvalue weighted by molar-refractivity contribution is 6.31. The first kappa shape index (κ1) is 13.0. The number of aromatic amines is 1. The second-order valence-corrected chi connectivity index (χ2v) is 5.51. The first-order valence-corrected chi connectivity index (χ1v) is 7.34. The molecule has 0 aliphatic rings. The van der Waals surface area contributed by atoms with Crippen LogP contribution in [0.2, 0.25) is 5.02 Å². The maximum absolute atomic E-state index is 6.14. The quantitative estimate of drug-likeness (QED) is 0.569. The van der Waals surface area contributed by atoms with E-state index >= 15 is 0 Å². The van der Waals surface area contributed by atoms with E-state index in [1.807, 2.05) is 48.8 Å². The number of halogens is 1. The van der Waals surface area contributed by atoms with Crippen LogP contribution < -0.4 is 0 Å². The SMILES string of the molecule is Clc1ccc2c(-c3cn[nH]c3)cc(-c3ccccc3)nc2c1. The Kier molecular flexibility index (Phi) is 3.13. The average molecular weight is 306 g/mol. The van der Waals surface area contributed by atoms with Crippen LogP contribution in [0.5, 0.6) is 0 Å². The molecule has 0 unspecified atom stereocenters. The Labute approximate surface area is 132 Å². The van der Waals surface area contributed by atoms with E-state index < -0.39 is 0 Å². The van der Waals surface area contributed by atoms with Gasteiger partial charge >= 0.3 is 0 Å². The van der Waals surface area contributed by atoms with Crippen LogP contribution in [0.15, 0.2) is 67.0 Å². The molecule has 0 saturated heterocycles. The number of pyridine rings is 1. The molecule has 106 valence electrons. The topological polar surface area (TPSA) is 41.6 Å². The molecule has 22 heavy (non-hydrogen) atoms. The number of hydrogen-bond acceptors (Lipinski definition) is 2. The molecule has 0 radical (unpaired) electrons. The van der Waals surface area contributed by atoms with Gasteiger partial charge in [-0.3, -0.25) is 5.10 Å². The van der Waals surface area contributed by atoms with Gasteiger partial charge in [0.15, 0.2) is 0 Å². The van der Waals surface area contributed by atoms with Crippen LogP contribution in [-0.2, 0) is 0 Å². The number of benzene rings is 2. The molecule has 0 aliphatic heterocycles. The lowest BCUT2D eigenvalue weighted by Crippen LogP contribution is -1.89. The Morgan fingerprint density at radius 3 is 2.55 bits per heavy atom. The number of nitrogens with zero attached hydrogens (tertiary/aromatic N) is 2. The second kappa shape index (κ2) is 5.28. The molecule has 0 saturated carbocycles. The Hall–Kier alpha value is -2.65. The lowest BCUT2D eigenvalue weighted by atomic mass is 10.0. The lowest BCUT2D eigenvalue weighted by Gasteiger charge is -2.09. The van der Waals surface area contributed by atoms with E-state index in [0.29, 0.717) is 5.02 Å². The van der Waals surface area contributed by atoms with Crippen molar-refractivity contribution in [3.8, 4) is 22.4 Å². The van der Waals surface area contributed by atoms with Gasteiger partial charge < -0.3 is 0 Å². The Morgan fingerprint density at radius 1 is 0.909 bits per heavy atom. The van der Waals surface area contributed by atoms with E-state index in [-0.39, 0.29) is 0 Å². The summed E-state index contributed by atoms with van der Waals surface area (Å²) in [5, 5.41) is 8.67. The largest absolute Gasteiger partial charge is 0.285 e. The van der Waals surface area contributed by atoms with Gasteiger partial charge in [-0.05, 0) is 23.8 Å². The smallest absolute Gasteiger partial charge is 0.0730 e. The summed E-state index contributed by atoms with van der Waals surface area (Å²) in [5.41, 5.74) is 5.01. The van der Waals surface area contributed by atoms with E-state index in [4.69, 9.17) is 16.6 Å². The van der Waals surface area contributed by atoms with Gasteiger partial charge in [0.1, 0.15) is 0 Å². The van der Waals surface area contributed by atoms with E-state index in [1.165, 1.54) is 0 Å². The monoisotopic (exact) mass is 305 g/mol. The zero-order chi connectivity index (χ0) is 14.9. The number of nitrogens with one attached hydrogen (secondary N) is 1. The molecule has 1 N–H and O–H groups in total. The summed E-state index contributed by atoms with van der Waals surface area (Å²) in [4.78, 5) is 4.76. The summed E-state index contributed by atoms with van der Waals surface area (Å²) in [6.07, 6.45) is 3.70. The number of aromatic nitrogens is 3. The zero-order valence-corrected chi connectivity index (χ0v) is 12.4. The third kappa shape index (κ3) is 2.26. The Morgan fingerprint density at radius 2 is 1.77 bits per heavy atom. The molecule has 0 atom stereocenters. The standard InChI is InChI=1S/C18H12ClN3/c19-14-6-7-15-16(13-10-20-21-11-13)9-17(22-18(15)8-14)12-4-2-1-3-5-12/h1-11H,(H,20,21). The second-order valence-electron chi connectivity index (χ2n) is 5.07. The summed E-state index contributed by atoms with van der Waals surface area (Å²) in [6, 6.07) is 18.0. The van der Waals surface area contributed by atoms with Gasteiger partial charge in [0, 0.05) is 27.7 Å². The van der Waals surface area contributed by atoms with Crippen molar-refractivity contribution >= 4 is 22.5 Å². The van der Waals surface area contributed by atoms with Crippen LogP contribution in [0, 0.1) is 0 Å². The highest BCUT2D eigenvalue weighted by Crippen LogP contribution is 2.32. The molecule has 4 heteroatoms. The maximum atomic E-state index is 6.14. The number of hydrogen-bond donors (Lipinski definition) is 1. The van der Waals surface area contributed by atoms with Crippen LogP contribution in [0.25, 0.3) is 33.3 Å². The molecule has 2 heterocycles. The molecule has 0 spiro atoms. The molecular formula is C18H12ClN3. The first-order chi connectivity index (χ1) is 10.8. The minimum absolute atomic E-state index is 0.684. The normalized spacial score (nSPS) is 11.0. The fourth-order valence-electron chi connectivity index (χ4n) is 2.60. The van der Waals surface area contributed by atoms with Crippen molar-refractivity contribution in [2.75, 3.05) is 0 Å². The molecule has 4 aromatic rings. The molecule has 0 aliphatic carbocycles. The minimum Gasteiger partial charge on any atom is -0.285 e. The third-order valence-electron chi connectivity index (χ3n) is 3.65. The highest BCUT2D eigenvalue weighted by Gasteiger charge is 2.10. The van der Waals surface area contributed by atoms with E-state index in [2.05, 4.69) is 28.4 Å². The maximum Gasteiger partial charge on any atom is 0.0730 e. The van der Waals surface area contributed by atoms with Gasteiger partial charge in [-0.25, -0.2) is 4.98 Å². The molecule has 0 bridgehead atoms. The van der Waals surface area contributed by atoms with Crippen molar-refractivity contribution in [3.05, 3.63) is 72.0 Å². The van der Waals surface area contributed by atoms with Crippen molar-refractivity contribution in [2.24, 2.45) is 0 Å². The van der Waals surface area contributed by atoms with E-state index in [9.17, 15) is 0 Å². The number of rotatable bonds is 2. The van der Waals surface area contributed by atoms with Crippen molar-refractivity contribution in [3.63, 3.8) is 0 Å². The van der Waals surface area contributed by atoms with Crippen molar-refractivity contribution in [2.45, 2.75) is 0 Å². The van der Waals surface area contributed by atoms with Gasteiger partial charge in [0.25, 0.3) is 0 Å². The van der Waals surface area contributed by atoms with Crippen molar-refractivity contribution < 1.29 is 0 Å². The van der Waals surface area contributed by atoms with Gasteiger partial charge in [-0.2, -0.15) is 5.10 Å². The average Bonchev–Trinajstić information content (AvgIpc) is 3.08. The molecular weight excluding hydrogens is 294 g/mol. The summed E-state index contributed by atoms with van der Waals surface area (Å²) in [7, 11) is 0. The summed E-state index contributed by atoms with van der Waals surface area (Å²) < 4.78 is 0. The molecule has 0 amide bonds. The fourth-order valence-corrected chi connectivity index (χ4v) is 2.76. The number of fused-ring (bicyclic) bond motifs is 1. The molecule has 0 fully saturated rings. The van der Waals surface area contributed by atoms with Crippen LogP contribution in [0.4, 0.5) is 0 Å². The Bertz CT molecular complexity index is 931. The van der Waals surface area contributed by atoms with Crippen LogP contribution in [0.3, 0.4) is 0 Å². The molecule has 4 rings (SSSR count). The van der Waals surface area contributed by atoms with Gasteiger partial charge in [0.05, 0.1) is 17.4 Å². The van der Waals surface area contributed by atoms with E-state index in [0.717, 1.165) is 33.3 Å². The summed E-state index contributed by atoms with van der Waals surface area (Å²) in [6.45, 7) is 0. The van der Waals surface area contributed by atoms with Crippen molar-refractivity contribution in [1.82, 2.24) is 15.2 Å². The lowest BCUT2D eigenvalue weighted by molar-refractivity contribution is 1.09. The van der Waals surface area contributed by atoms with Gasteiger partial charge in [-0.1, -0.05) is 48.0 Å². The summed E-state index contributed by atoms with van der Waals surface area (Å²) in [5.74, 6) is 0. The minimum atomic E-state index is 0.684. The van der Waals surface area contributed by atoms with E-state index in [1.54, 1.807) is 0 Å². The van der Waals surface area contributed by atoms with Gasteiger partial charge in [-0.15, -0.1) is 0 Å². The van der Waals surface area contributed by atoms with Crippen LogP contribution in [0.1, 0.15) is 0 Å². The Balaban J connectivity index is 2.04. The summed E-state index contributed by atoms with van der Waals surface area (Å²) >= 11 is 6.14. The number of H-pyrrole nitrogens is 1. The molecule has 2 aromatic heterocycles. The first-order valence-electron chi connectivity index (χ1n) is 6.96. The third-order valence-corrected chi connectivity index (χ3v) is 3.89. The zero-order valence-electron chi connectivity index (χ0n) is 11.6. The van der Waals surface area contributed by atoms with Gasteiger partial charge in [0.2, 0.25) is 0 Å². The predicted molar refractivity (Wildman–Crippen MR) is 89.8 cm³/mol. The molecule has 2 aromatic carbocycles. The van der Waals surface area contributed by atoms with Crippen LogP contribution >= 0.6 is 11.6 Å². The predicted octanol–water partition coefficient (Wildman–Crippen LogP) is 4.95. The van der Waals surface area contributed by atoms with Crippen molar-refractivity contribution in [1.29, 1.82) is 0 Å². The van der Waals surface area contributed by atoms with Crippen LogP contribution in [-0.4, -0.2) is 15.2 Å². The molecule has 3 nitrogen and oxygen atoms in total. The highest BCUT2D eigenvalue weighted by atomic mass is 35.5. The fraction of sp³-hybridized carbons (Fsp3) is 0.